The van der Waals surface area contributed by atoms with E-state index in [1.165, 1.54) is 4.90 Å². The predicted molar refractivity (Wildman–Crippen MR) is 82.8 cm³/mol. The van der Waals surface area contributed by atoms with E-state index in [0.29, 0.717) is 36.9 Å². The van der Waals surface area contributed by atoms with E-state index in [4.69, 9.17) is 0 Å². The standard InChI is InChI=1S/C18H17NO4/c20-15(21)10-2-1-3-11-19-17(22)13-8-4-6-12-7-5-9-14(16(12)13)18(19)23/h4-9H,1-3,10-11H2,(H,20,21)/p-1. The topological polar surface area (TPSA) is 77.5 Å². The number of unbranched alkanes of at least 4 members (excludes halogenated alkanes) is 2. The van der Waals surface area contributed by atoms with Gasteiger partial charge in [0.2, 0.25) is 0 Å². The van der Waals surface area contributed by atoms with Gasteiger partial charge in [0.25, 0.3) is 11.8 Å². The van der Waals surface area contributed by atoms with Crippen LogP contribution in [0.4, 0.5) is 0 Å². The summed E-state index contributed by atoms with van der Waals surface area (Å²) in [7, 11) is 0. The number of benzene rings is 2. The van der Waals surface area contributed by atoms with Gasteiger partial charge in [-0.15, -0.1) is 0 Å². The number of nitrogens with zero attached hydrogens (tertiary/aromatic N) is 1. The number of carbonyl (C=O) groups excluding carboxylic acids is 3. The van der Waals surface area contributed by atoms with Crippen molar-refractivity contribution in [2.45, 2.75) is 25.7 Å². The van der Waals surface area contributed by atoms with Gasteiger partial charge >= 0.3 is 0 Å². The zero-order valence-electron chi connectivity index (χ0n) is 12.6. The lowest BCUT2D eigenvalue weighted by molar-refractivity contribution is -0.305. The Kier molecular flexibility index (Phi) is 4.10. The lowest BCUT2D eigenvalue weighted by atomic mass is 9.94. The van der Waals surface area contributed by atoms with Gasteiger partial charge in [-0.3, -0.25) is 14.5 Å². The summed E-state index contributed by atoms with van der Waals surface area (Å²) in [6.45, 7) is 0.301. The summed E-state index contributed by atoms with van der Waals surface area (Å²) in [6, 6.07) is 10.9. The smallest absolute Gasteiger partial charge is 0.261 e. The first kappa shape index (κ1) is 15.2. The third-order valence-corrected chi connectivity index (χ3v) is 4.12. The summed E-state index contributed by atoms with van der Waals surface area (Å²) >= 11 is 0. The van der Waals surface area contributed by atoms with Crippen LogP contribution in [0, 0.1) is 0 Å². The fraction of sp³-hybridized carbons (Fsp3) is 0.278. The molecule has 5 nitrogen and oxygen atoms in total. The molecule has 0 fully saturated rings. The molecule has 0 saturated heterocycles. The third-order valence-electron chi connectivity index (χ3n) is 4.12. The number of hydrogen-bond donors (Lipinski definition) is 0. The number of carboxylic acid groups (broad SMARTS) is 1. The average molecular weight is 310 g/mol. The van der Waals surface area contributed by atoms with Gasteiger partial charge in [-0.25, -0.2) is 0 Å². The number of rotatable bonds is 6. The number of carboxylic acids is 1. The van der Waals surface area contributed by atoms with Crippen molar-refractivity contribution in [3.8, 4) is 0 Å². The van der Waals surface area contributed by atoms with Crippen molar-refractivity contribution in [3.63, 3.8) is 0 Å². The van der Waals surface area contributed by atoms with Crippen LogP contribution >= 0.6 is 0 Å². The van der Waals surface area contributed by atoms with E-state index in [0.717, 1.165) is 10.8 Å². The molecule has 2 aromatic rings. The van der Waals surface area contributed by atoms with Crippen LogP contribution in [0.25, 0.3) is 10.8 Å². The first-order valence-electron chi connectivity index (χ1n) is 7.67. The normalized spacial score (nSPS) is 13.7. The number of carbonyl (C=O) groups is 3. The second-order valence-corrected chi connectivity index (χ2v) is 5.65. The second kappa shape index (κ2) is 6.20. The number of amides is 2. The Balaban J connectivity index is 1.79. The van der Waals surface area contributed by atoms with Gasteiger partial charge in [0.05, 0.1) is 0 Å². The van der Waals surface area contributed by atoms with Crippen molar-refractivity contribution in [2.24, 2.45) is 0 Å². The molecule has 0 radical (unpaired) electrons. The highest BCUT2D eigenvalue weighted by molar-refractivity contribution is 6.25. The molecule has 0 bridgehead atoms. The summed E-state index contributed by atoms with van der Waals surface area (Å²) in [5.41, 5.74) is 1.10. The molecule has 3 rings (SSSR count). The molecule has 1 aliphatic rings. The van der Waals surface area contributed by atoms with Gasteiger partial charge in [0, 0.05) is 29.0 Å². The Morgan fingerprint density at radius 2 is 1.52 bits per heavy atom. The van der Waals surface area contributed by atoms with E-state index >= 15 is 0 Å². The van der Waals surface area contributed by atoms with Crippen molar-refractivity contribution in [3.05, 3.63) is 47.5 Å². The molecule has 0 saturated carbocycles. The average Bonchev–Trinajstić information content (AvgIpc) is 2.54. The molecule has 23 heavy (non-hydrogen) atoms. The van der Waals surface area contributed by atoms with Crippen LogP contribution in [0.5, 0.6) is 0 Å². The minimum Gasteiger partial charge on any atom is -0.550 e. The van der Waals surface area contributed by atoms with Crippen molar-refractivity contribution in [1.82, 2.24) is 4.90 Å². The molecule has 0 aliphatic carbocycles. The highest BCUT2D eigenvalue weighted by Crippen LogP contribution is 2.30. The second-order valence-electron chi connectivity index (χ2n) is 5.65. The highest BCUT2D eigenvalue weighted by atomic mass is 16.4. The zero-order chi connectivity index (χ0) is 16.4. The largest absolute Gasteiger partial charge is 0.550 e. The van der Waals surface area contributed by atoms with Gasteiger partial charge < -0.3 is 9.90 Å². The zero-order valence-corrected chi connectivity index (χ0v) is 12.6. The van der Waals surface area contributed by atoms with Crippen LogP contribution in [-0.2, 0) is 4.79 Å². The minimum atomic E-state index is -1.07. The monoisotopic (exact) mass is 310 g/mol. The van der Waals surface area contributed by atoms with E-state index in [-0.39, 0.29) is 18.2 Å². The fourth-order valence-corrected chi connectivity index (χ4v) is 3.00. The molecular formula is C18H16NO4-. The van der Waals surface area contributed by atoms with Gasteiger partial charge in [-0.1, -0.05) is 30.7 Å². The number of hydrogen-bond acceptors (Lipinski definition) is 4. The number of aliphatic carboxylic acids is 1. The van der Waals surface area contributed by atoms with Gasteiger partial charge in [-0.2, -0.15) is 0 Å². The molecule has 0 atom stereocenters. The van der Waals surface area contributed by atoms with Crippen LogP contribution in [0.2, 0.25) is 0 Å². The SMILES string of the molecule is O=C([O-])CCCCCN1C(=O)c2cccc3cccc(c23)C1=O. The Labute approximate surface area is 133 Å². The maximum atomic E-state index is 12.6. The Morgan fingerprint density at radius 1 is 0.913 bits per heavy atom. The molecule has 5 heteroatoms. The summed E-state index contributed by atoms with van der Waals surface area (Å²) in [5.74, 6) is -1.63. The molecule has 1 aliphatic heterocycles. The fourth-order valence-electron chi connectivity index (χ4n) is 3.00. The Hall–Kier alpha value is -2.69. The van der Waals surface area contributed by atoms with Crippen molar-refractivity contribution in [2.75, 3.05) is 6.54 Å². The van der Waals surface area contributed by atoms with Crippen LogP contribution in [0.3, 0.4) is 0 Å². The molecule has 0 aromatic heterocycles. The van der Waals surface area contributed by atoms with Gasteiger partial charge in [-0.05, 0) is 36.8 Å². The molecule has 0 N–H and O–H groups in total. The van der Waals surface area contributed by atoms with Crippen molar-refractivity contribution >= 4 is 28.6 Å². The van der Waals surface area contributed by atoms with E-state index < -0.39 is 5.97 Å². The van der Waals surface area contributed by atoms with E-state index in [1.807, 2.05) is 24.3 Å². The summed E-state index contributed by atoms with van der Waals surface area (Å²) in [6.07, 6.45) is 1.72. The first-order chi connectivity index (χ1) is 11.1. The summed E-state index contributed by atoms with van der Waals surface area (Å²) < 4.78 is 0. The van der Waals surface area contributed by atoms with E-state index in [2.05, 4.69) is 0 Å². The first-order valence-corrected chi connectivity index (χ1v) is 7.67. The van der Waals surface area contributed by atoms with Crippen molar-refractivity contribution in [1.29, 1.82) is 0 Å². The lowest BCUT2D eigenvalue weighted by Crippen LogP contribution is -2.40. The Morgan fingerprint density at radius 3 is 2.09 bits per heavy atom. The summed E-state index contributed by atoms with van der Waals surface area (Å²) in [4.78, 5) is 36.8. The van der Waals surface area contributed by atoms with Gasteiger partial charge in [0.15, 0.2) is 0 Å². The quantitative estimate of drug-likeness (QED) is 0.601. The van der Waals surface area contributed by atoms with Crippen LogP contribution in [-0.4, -0.2) is 29.2 Å². The predicted octanol–water partition coefficient (Wildman–Crippen LogP) is 1.75. The van der Waals surface area contributed by atoms with E-state index in [1.54, 1.807) is 12.1 Å². The Bertz CT molecular complexity index is 746. The maximum Gasteiger partial charge on any atom is 0.261 e. The van der Waals surface area contributed by atoms with Crippen LogP contribution < -0.4 is 5.11 Å². The van der Waals surface area contributed by atoms with Crippen molar-refractivity contribution < 1.29 is 19.5 Å². The molecule has 2 aromatic carbocycles. The molecule has 2 amide bonds. The van der Waals surface area contributed by atoms with Crippen LogP contribution in [0.1, 0.15) is 46.4 Å². The molecule has 118 valence electrons. The maximum absolute atomic E-state index is 12.6. The summed E-state index contributed by atoms with van der Waals surface area (Å²) in [5, 5.41) is 12.0. The molecule has 0 spiro atoms. The molecule has 0 unspecified atom stereocenters. The molecular weight excluding hydrogens is 294 g/mol. The van der Waals surface area contributed by atoms with Gasteiger partial charge in [0.1, 0.15) is 0 Å². The molecule has 1 heterocycles. The van der Waals surface area contributed by atoms with E-state index in [9.17, 15) is 19.5 Å². The van der Waals surface area contributed by atoms with Crippen LogP contribution in [0.15, 0.2) is 36.4 Å². The third kappa shape index (κ3) is 2.82. The minimum absolute atomic E-state index is 0.00400. The number of imide groups is 1. The highest BCUT2D eigenvalue weighted by Gasteiger charge is 2.31. The lowest BCUT2D eigenvalue weighted by Gasteiger charge is -2.27.